The molecule has 0 saturated carbocycles. The molecular weight excluding hydrogens is 279 g/mol. The molecule has 1 rings (SSSR count). The van der Waals surface area contributed by atoms with Gasteiger partial charge in [0.15, 0.2) is 5.60 Å². The number of rotatable bonds is 2. The summed E-state index contributed by atoms with van der Waals surface area (Å²) in [6.07, 6.45) is -1.41. The lowest BCUT2D eigenvalue weighted by molar-refractivity contribution is -0.221. The number of carbonyl (C=O) groups excluding carboxylic acids is 1. The number of halogens is 6. The summed E-state index contributed by atoms with van der Waals surface area (Å²) >= 11 is 8.97. The molecule has 3 nitrogen and oxygen atoms in total. The Balaban J connectivity index is 3.28. The smallest absolute Gasteiger partial charge is 0.368 e. The van der Waals surface area contributed by atoms with E-state index in [-0.39, 0.29) is 0 Å². The normalized spacial score (nSPS) is 30.4. The van der Waals surface area contributed by atoms with Crippen molar-refractivity contribution in [2.45, 2.75) is 35.3 Å². The molecule has 0 amide bonds. The van der Waals surface area contributed by atoms with Crippen molar-refractivity contribution >= 4 is 29.2 Å². The molecule has 0 aromatic carbocycles. The summed E-state index contributed by atoms with van der Waals surface area (Å²) in [4.78, 5) is 10.9. The maximum Gasteiger partial charge on any atom is 0.368 e. The molecule has 0 spiro atoms. The van der Waals surface area contributed by atoms with Gasteiger partial charge in [0.2, 0.25) is 0 Å². The van der Waals surface area contributed by atoms with Gasteiger partial charge in [-0.2, -0.15) is 17.6 Å². The van der Waals surface area contributed by atoms with E-state index in [0.717, 1.165) is 6.92 Å². The minimum Gasteiger partial charge on any atom is -0.441 e. The second-order valence-electron chi connectivity index (χ2n) is 3.66. The lowest BCUT2D eigenvalue weighted by atomic mass is 9.92. The van der Waals surface area contributed by atoms with Gasteiger partial charge in [-0.15, -0.1) is 0 Å². The van der Waals surface area contributed by atoms with Gasteiger partial charge < -0.3 is 9.84 Å². The lowest BCUT2D eigenvalue weighted by Crippen LogP contribution is -2.56. The molecule has 1 atom stereocenters. The molecule has 1 heterocycles. The molecule has 16 heavy (non-hydrogen) atoms. The SMILES string of the molecule is CC1(O)CC(C(F)(F)Cl)(C(F)(F)Cl)OC1=O. The summed E-state index contributed by atoms with van der Waals surface area (Å²) in [5.41, 5.74) is -6.25. The molecule has 0 aromatic rings. The number of alkyl halides is 6. The Morgan fingerprint density at radius 2 is 1.69 bits per heavy atom. The maximum atomic E-state index is 12.9. The van der Waals surface area contributed by atoms with Crippen molar-refractivity contribution in [1.82, 2.24) is 0 Å². The molecule has 1 fully saturated rings. The zero-order valence-corrected chi connectivity index (χ0v) is 9.25. The van der Waals surface area contributed by atoms with Gasteiger partial charge in [-0.1, -0.05) is 0 Å². The Morgan fingerprint density at radius 1 is 1.31 bits per heavy atom. The summed E-state index contributed by atoms with van der Waals surface area (Å²) in [6.45, 7) is 0.752. The van der Waals surface area contributed by atoms with Crippen molar-refractivity contribution in [3.8, 4) is 0 Å². The molecule has 1 aliphatic heterocycles. The van der Waals surface area contributed by atoms with Crippen LogP contribution in [0.1, 0.15) is 13.3 Å². The summed E-state index contributed by atoms with van der Waals surface area (Å²) < 4.78 is 55.5. The van der Waals surface area contributed by atoms with Crippen LogP contribution in [0.5, 0.6) is 0 Å². The molecule has 1 saturated heterocycles. The van der Waals surface area contributed by atoms with Crippen molar-refractivity contribution in [2.75, 3.05) is 0 Å². The van der Waals surface area contributed by atoms with Crippen LogP contribution in [0.25, 0.3) is 0 Å². The Bertz CT molecular complexity index is 307. The number of cyclic esters (lactones) is 1. The number of carbonyl (C=O) groups is 1. The van der Waals surface area contributed by atoms with E-state index < -0.39 is 34.4 Å². The quantitative estimate of drug-likeness (QED) is 0.480. The number of esters is 1. The second kappa shape index (κ2) is 3.36. The fraction of sp³-hybridized carbons (Fsp3) is 0.857. The van der Waals surface area contributed by atoms with Crippen LogP contribution in [-0.4, -0.2) is 33.0 Å². The molecule has 1 aliphatic rings. The van der Waals surface area contributed by atoms with Crippen LogP contribution in [-0.2, 0) is 9.53 Å². The summed E-state index contributed by atoms with van der Waals surface area (Å²) in [5.74, 6) is -1.63. The van der Waals surface area contributed by atoms with E-state index >= 15 is 0 Å². The van der Waals surface area contributed by atoms with E-state index in [9.17, 15) is 27.5 Å². The fourth-order valence-electron chi connectivity index (χ4n) is 1.34. The van der Waals surface area contributed by atoms with E-state index in [1.807, 2.05) is 0 Å². The van der Waals surface area contributed by atoms with Crippen molar-refractivity contribution in [1.29, 1.82) is 0 Å². The first-order valence-corrected chi connectivity index (χ1v) is 4.68. The van der Waals surface area contributed by atoms with Crippen molar-refractivity contribution in [3.05, 3.63) is 0 Å². The molecule has 0 aliphatic carbocycles. The number of hydrogen-bond donors (Lipinski definition) is 1. The van der Waals surface area contributed by atoms with Gasteiger partial charge in [-0.3, -0.25) is 0 Å². The number of aliphatic hydroxyl groups is 1. The van der Waals surface area contributed by atoms with Crippen LogP contribution in [0, 0.1) is 0 Å². The van der Waals surface area contributed by atoms with Gasteiger partial charge in [-0.25, -0.2) is 4.79 Å². The van der Waals surface area contributed by atoms with Gasteiger partial charge in [0.25, 0.3) is 5.60 Å². The Hall–Kier alpha value is -0.270. The van der Waals surface area contributed by atoms with Crippen LogP contribution in [0.4, 0.5) is 17.6 Å². The third kappa shape index (κ3) is 1.84. The minimum atomic E-state index is -4.62. The first-order valence-electron chi connectivity index (χ1n) is 3.93. The van der Waals surface area contributed by atoms with E-state index in [1.54, 1.807) is 0 Å². The first kappa shape index (κ1) is 13.8. The van der Waals surface area contributed by atoms with Crippen LogP contribution >= 0.6 is 23.2 Å². The van der Waals surface area contributed by atoms with Crippen molar-refractivity contribution in [3.63, 3.8) is 0 Å². The summed E-state index contributed by atoms with van der Waals surface area (Å²) in [5, 5.41) is 0.0334. The maximum absolute atomic E-state index is 12.9. The third-order valence-electron chi connectivity index (χ3n) is 2.22. The predicted molar refractivity (Wildman–Crippen MR) is 45.7 cm³/mol. The average molecular weight is 285 g/mol. The molecule has 94 valence electrons. The highest BCUT2D eigenvalue weighted by atomic mass is 35.5. The largest absolute Gasteiger partial charge is 0.441 e. The van der Waals surface area contributed by atoms with E-state index in [4.69, 9.17) is 0 Å². The average Bonchev–Trinajstić information content (AvgIpc) is 2.21. The molecule has 1 unspecified atom stereocenters. The van der Waals surface area contributed by atoms with Crippen LogP contribution < -0.4 is 0 Å². The number of ether oxygens (including phenoxy) is 1. The fourth-order valence-corrected chi connectivity index (χ4v) is 1.83. The zero-order chi connectivity index (χ0) is 13.0. The second-order valence-corrected chi connectivity index (χ2v) is 4.61. The van der Waals surface area contributed by atoms with Gasteiger partial charge in [0.05, 0.1) is 0 Å². The van der Waals surface area contributed by atoms with E-state index in [2.05, 4.69) is 27.9 Å². The lowest BCUT2D eigenvalue weighted by Gasteiger charge is -2.34. The number of hydrogen-bond acceptors (Lipinski definition) is 3. The highest BCUT2D eigenvalue weighted by Gasteiger charge is 2.76. The zero-order valence-electron chi connectivity index (χ0n) is 7.74. The summed E-state index contributed by atoms with van der Waals surface area (Å²) in [7, 11) is 0. The Labute approximate surface area is 97.3 Å². The predicted octanol–water partition coefficient (Wildman–Crippen LogP) is 2.09. The monoisotopic (exact) mass is 284 g/mol. The van der Waals surface area contributed by atoms with Gasteiger partial charge in [0, 0.05) is 6.42 Å². The molecule has 0 aromatic heterocycles. The highest BCUT2D eigenvalue weighted by molar-refractivity contribution is 6.26. The standard InChI is InChI=1S/C7H6Cl2F4O3/c1-4(15)2-5(6(8,10)11,7(9,12)13)16-3(4)14/h15H,2H2,1H3. The molecular formula is C7H6Cl2F4O3. The van der Waals surface area contributed by atoms with Crippen molar-refractivity contribution < 1.29 is 32.2 Å². The highest BCUT2D eigenvalue weighted by Crippen LogP contribution is 2.55. The minimum absolute atomic E-state index is 0.752. The van der Waals surface area contributed by atoms with E-state index in [0.29, 0.717) is 0 Å². The molecule has 1 N–H and O–H groups in total. The van der Waals surface area contributed by atoms with Crippen molar-refractivity contribution in [2.24, 2.45) is 0 Å². The third-order valence-corrected chi connectivity index (χ3v) is 2.83. The summed E-state index contributed by atoms with van der Waals surface area (Å²) in [6, 6.07) is 0. The first-order chi connectivity index (χ1) is 6.83. The van der Waals surface area contributed by atoms with Crippen LogP contribution in [0.15, 0.2) is 0 Å². The van der Waals surface area contributed by atoms with Gasteiger partial charge in [0.1, 0.15) is 0 Å². The molecule has 0 bridgehead atoms. The van der Waals surface area contributed by atoms with Gasteiger partial charge in [-0.05, 0) is 30.1 Å². The molecule has 9 heteroatoms. The van der Waals surface area contributed by atoms with Gasteiger partial charge >= 0.3 is 16.7 Å². The topological polar surface area (TPSA) is 46.5 Å². The Morgan fingerprint density at radius 3 is 1.81 bits per heavy atom. The van der Waals surface area contributed by atoms with E-state index in [1.165, 1.54) is 0 Å². The Kier molecular flexibility index (Phi) is 2.90. The van der Waals surface area contributed by atoms with Crippen LogP contribution in [0.2, 0.25) is 0 Å². The van der Waals surface area contributed by atoms with Crippen LogP contribution in [0.3, 0.4) is 0 Å². The molecule has 0 radical (unpaired) electrons.